The number of rotatable bonds is 3. The minimum absolute atomic E-state index is 0.282. The van der Waals surface area contributed by atoms with Crippen LogP contribution in [0.1, 0.15) is 12.1 Å². The van der Waals surface area contributed by atoms with E-state index in [1.807, 2.05) is 17.8 Å². The average Bonchev–Trinajstić information content (AvgIpc) is 2.31. The number of nitrogens with two attached hydrogens (primary N) is 1. The molecule has 0 unspecified atom stereocenters. The molecule has 0 bridgehead atoms. The average molecular weight is 153 g/mol. The highest BCUT2D eigenvalue weighted by Crippen LogP contribution is 1.97. The van der Waals surface area contributed by atoms with Crippen molar-refractivity contribution in [3.63, 3.8) is 0 Å². The Bertz CT molecular complexity index is 254. The number of amides is 1. The predicted octanol–water partition coefficient (Wildman–Crippen LogP) is -0.162. The Morgan fingerprint density at radius 2 is 2.55 bits per heavy atom. The van der Waals surface area contributed by atoms with Gasteiger partial charge in [0.1, 0.15) is 0 Å². The molecule has 2 N–H and O–H groups in total. The first-order valence-electron chi connectivity index (χ1n) is 3.43. The topological polar surface area (TPSA) is 60.9 Å². The van der Waals surface area contributed by atoms with E-state index in [4.69, 9.17) is 5.73 Å². The standard InChI is InChI=1S/C7H11N3O/c1-10-4-6(9-5-10)2-3-7(8)11/h4-5H,2-3H2,1H3,(H2,8,11). The van der Waals surface area contributed by atoms with Crippen LogP contribution in [0.15, 0.2) is 12.5 Å². The van der Waals surface area contributed by atoms with Gasteiger partial charge in [-0.3, -0.25) is 4.79 Å². The maximum atomic E-state index is 10.4. The van der Waals surface area contributed by atoms with Crippen molar-refractivity contribution in [1.82, 2.24) is 9.55 Å². The van der Waals surface area contributed by atoms with Gasteiger partial charge >= 0.3 is 0 Å². The summed E-state index contributed by atoms with van der Waals surface area (Å²) < 4.78 is 1.84. The van der Waals surface area contributed by atoms with Crippen molar-refractivity contribution in [3.8, 4) is 0 Å². The highest BCUT2D eigenvalue weighted by Gasteiger charge is 1.98. The molecule has 0 fully saturated rings. The van der Waals surface area contributed by atoms with Crippen LogP contribution >= 0.6 is 0 Å². The molecule has 1 rings (SSSR count). The zero-order valence-corrected chi connectivity index (χ0v) is 6.45. The number of primary amides is 1. The van der Waals surface area contributed by atoms with Gasteiger partial charge in [-0.25, -0.2) is 4.98 Å². The van der Waals surface area contributed by atoms with Gasteiger partial charge in [0.05, 0.1) is 12.0 Å². The minimum Gasteiger partial charge on any atom is -0.370 e. The molecule has 1 aromatic rings. The van der Waals surface area contributed by atoms with Crippen molar-refractivity contribution in [2.75, 3.05) is 0 Å². The molecule has 11 heavy (non-hydrogen) atoms. The molecule has 0 aliphatic heterocycles. The lowest BCUT2D eigenvalue weighted by atomic mass is 10.2. The summed E-state index contributed by atoms with van der Waals surface area (Å²) in [7, 11) is 1.89. The van der Waals surface area contributed by atoms with Gasteiger partial charge in [-0.2, -0.15) is 0 Å². The van der Waals surface area contributed by atoms with Crippen molar-refractivity contribution >= 4 is 5.91 Å². The number of imidazole rings is 1. The predicted molar refractivity (Wildman–Crippen MR) is 40.7 cm³/mol. The Balaban J connectivity index is 2.45. The van der Waals surface area contributed by atoms with Crippen LogP contribution in [0.5, 0.6) is 0 Å². The normalized spacial score (nSPS) is 9.91. The third kappa shape index (κ3) is 2.41. The van der Waals surface area contributed by atoms with Crippen LogP contribution in [0.4, 0.5) is 0 Å². The lowest BCUT2D eigenvalue weighted by Gasteiger charge is -1.90. The van der Waals surface area contributed by atoms with Gasteiger partial charge in [-0.1, -0.05) is 0 Å². The molecule has 0 aromatic carbocycles. The van der Waals surface area contributed by atoms with E-state index >= 15 is 0 Å². The van der Waals surface area contributed by atoms with Crippen molar-refractivity contribution in [3.05, 3.63) is 18.2 Å². The van der Waals surface area contributed by atoms with Crippen LogP contribution in [0, 0.1) is 0 Å². The van der Waals surface area contributed by atoms with Crippen LogP contribution < -0.4 is 5.73 Å². The highest BCUT2D eigenvalue weighted by molar-refractivity contribution is 5.73. The molecule has 0 radical (unpaired) electrons. The molecular formula is C7H11N3O. The van der Waals surface area contributed by atoms with E-state index < -0.39 is 0 Å². The first-order chi connectivity index (χ1) is 5.18. The fraction of sp³-hybridized carbons (Fsp3) is 0.429. The summed E-state index contributed by atoms with van der Waals surface area (Å²) in [4.78, 5) is 14.4. The minimum atomic E-state index is -0.282. The van der Waals surface area contributed by atoms with Crippen LogP contribution in [-0.2, 0) is 18.3 Å². The Morgan fingerprint density at radius 3 is 3.00 bits per heavy atom. The van der Waals surface area contributed by atoms with E-state index in [-0.39, 0.29) is 5.91 Å². The van der Waals surface area contributed by atoms with E-state index in [0.29, 0.717) is 12.8 Å². The summed E-state index contributed by atoms with van der Waals surface area (Å²) in [6.45, 7) is 0. The molecule has 4 nitrogen and oxygen atoms in total. The molecule has 1 amide bonds. The van der Waals surface area contributed by atoms with Crippen molar-refractivity contribution < 1.29 is 4.79 Å². The van der Waals surface area contributed by atoms with Gasteiger partial charge in [0.25, 0.3) is 0 Å². The Morgan fingerprint density at radius 1 is 1.82 bits per heavy atom. The molecule has 0 saturated carbocycles. The zero-order chi connectivity index (χ0) is 8.27. The van der Waals surface area contributed by atoms with Crippen molar-refractivity contribution in [2.45, 2.75) is 12.8 Å². The maximum Gasteiger partial charge on any atom is 0.217 e. The molecule has 1 aromatic heterocycles. The number of aryl methyl sites for hydroxylation is 2. The Labute approximate surface area is 65.0 Å². The second-order valence-electron chi connectivity index (χ2n) is 2.50. The largest absolute Gasteiger partial charge is 0.370 e. The number of hydrogen-bond donors (Lipinski definition) is 1. The van der Waals surface area contributed by atoms with E-state index in [2.05, 4.69) is 4.98 Å². The lowest BCUT2D eigenvalue weighted by molar-refractivity contribution is -0.118. The molecule has 0 atom stereocenters. The Hall–Kier alpha value is -1.32. The van der Waals surface area contributed by atoms with Crippen molar-refractivity contribution in [1.29, 1.82) is 0 Å². The fourth-order valence-corrected chi connectivity index (χ4v) is 0.847. The van der Waals surface area contributed by atoms with E-state index in [1.54, 1.807) is 6.33 Å². The summed E-state index contributed by atoms with van der Waals surface area (Å²) in [6, 6.07) is 0. The molecule has 0 aliphatic rings. The monoisotopic (exact) mass is 153 g/mol. The van der Waals surface area contributed by atoms with Gasteiger partial charge < -0.3 is 10.3 Å². The SMILES string of the molecule is Cn1cnc(CCC(N)=O)c1. The van der Waals surface area contributed by atoms with Gasteiger partial charge in [-0.15, -0.1) is 0 Å². The molecule has 0 spiro atoms. The molecule has 4 heteroatoms. The number of aromatic nitrogens is 2. The number of carbonyl (C=O) groups excluding carboxylic acids is 1. The Kier molecular flexibility index (Phi) is 2.25. The molecule has 60 valence electrons. The molecule has 0 saturated heterocycles. The summed E-state index contributed by atoms with van der Waals surface area (Å²) in [5.74, 6) is -0.282. The van der Waals surface area contributed by atoms with Crippen molar-refractivity contribution in [2.24, 2.45) is 12.8 Å². The highest BCUT2D eigenvalue weighted by atomic mass is 16.1. The molecule has 0 aliphatic carbocycles. The van der Waals surface area contributed by atoms with Crippen LogP contribution in [-0.4, -0.2) is 15.5 Å². The molecular weight excluding hydrogens is 142 g/mol. The zero-order valence-electron chi connectivity index (χ0n) is 6.45. The van der Waals surface area contributed by atoms with Gasteiger partial charge in [-0.05, 0) is 6.42 Å². The van der Waals surface area contributed by atoms with E-state index in [9.17, 15) is 4.79 Å². The summed E-state index contributed by atoms with van der Waals surface area (Å²) >= 11 is 0. The van der Waals surface area contributed by atoms with Crippen LogP contribution in [0.3, 0.4) is 0 Å². The lowest BCUT2D eigenvalue weighted by Crippen LogP contribution is -2.11. The van der Waals surface area contributed by atoms with Gasteiger partial charge in [0, 0.05) is 19.7 Å². The number of hydrogen-bond acceptors (Lipinski definition) is 2. The van der Waals surface area contributed by atoms with Crippen LogP contribution in [0.2, 0.25) is 0 Å². The van der Waals surface area contributed by atoms with Crippen LogP contribution in [0.25, 0.3) is 0 Å². The number of carbonyl (C=O) groups is 1. The quantitative estimate of drug-likeness (QED) is 0.655. The smallest absolute Gasteiger partial charge is 0.217 e. The fourth-order valence-electron chi connectivity index (χ4n) is 0.847. The van der Waals surface area contributed by atoms with E-state index in [1.165, 1.54) is 0 Å². The summed E-state index contributed by atoms with van der Waals surface area (Å²) in [6.07, 6.45) is 4.59. The third-order valence-corrected chi connectivity index (χ3v) is 1.39. The maximum absolute atomic E-state index is 10.4. The second-order valence-corrected chi connectivity index (χ2v) is 2.50. The van der Waals surface area contributed by atoms with E-state index in [0.717, 1.165) is 5.69 Å². The first-order valence-corrected chi connectivity index (χ1v) is 3.43. The molecule has 1 heterocycles. The summed E-state index contributed by atoms with van der Waals surface area (Å²) in [5, 5.41) is 0. The van der Waals surface area contributed by atoms with Gasteiger partial charge in [0.2, 0.25) is 5.91 Å². The number of nitrogens with zero attached hydrogens (tertiary/aromatic N) is 2. The van der Waals surface area contributed by atoms with Gasteiger partial charge in [0.15, 0.2) is 0 Å². The first kappa shape index (κ1) is 7.78. The third-order valence-electron chi connectivity index (χ3n) is 1.39. The second kappa shape index (κ2) is 3.18. The summed E-state index contributed by atoms with van der Waals surface area (Å²) in [5.41, 5.74) is 5.88.